The average Bonchev–Trinajstić information content (AvgIpc) is 2.80. The van der Waals surface area contributed by atoms with E-state index in [0.29, 0.717) is 24.5 Å². The Morgan fingerprint density at radius 2 is 1.71 bits per heavy atom. The first-order valence-electron chi connectivity index (χ1n) is 11.2. The Hall–Kier alpha value is -3.81. The van der Waals surface area contributed by atoms with Crippen molar-refractivity contribution in [1.29, 1.82) is 0 Å². The molecule has 0 aliphatic carbocycles. The van der Waals surface area contributed by atoms with Gasteiger partial charge in [0, 0.05) is 61.6 Å². The number of pyridine rings is 1. The number of carbonyl (C=O) groups excluding carboxylic acids is 1. The van der Waals surface area contributed by atoms with Crippen LogP contribution in [0.1, 0.15) is 20.8 Å². The van der Waals surface area contributed by atoms with E-state index < -0.39 is 11.4 Å². The first kappa shape index (κ1) is 23.4. The number of aromatic nitrogens is 1. The second kappa shape index (κ2) is 9.59. The Morgan fingerprint density at radius 1 is 1.00 bits per heavy atom. The molecule has 0 radical (unpaired) electrons. The lowest BCUT2D eigenvalue weighted by Crippen LogP contribution is -2.50. The first-order chi connectivity index (χ1) is 16.2. The number of ether oxygens (including phenoxy) is 2. The van der Waals surface area contributed by atoms with Gasteiger partial charge in [-0.2, -0.15) is 0 Å². The molecule has 1 aliphatic heterocycles. The van der Waals surface area contributed by atoms with Gasteiger partial charge < -0.3 is 25.0 Å². The van der Waals surface area contributed by atoms with E-state index in [1.54, 1.807) is 29.4 Å². The molecule has 1 aromatic heterocycles. The van der Waals surface area contributed by atoms with Crippen molar-refractivity contribution in [2.75, 3.05) is 36.8 Å². The molecule has 8 heteroatoms. The number of nitrogens with two attached hydrogens (primary N) is 1. The fourth-order valence-corrected chi connectivity index (χ4v) is 3.73. The molecular weight excluding hydrogens is 435 g/mol. The number of nitrogen functional groups attached to an aromatic ring is 1. The van der Waals surface area contributed by atoms with E-state index in [1.165, 1.54) is 12.1 Å². The van der Waals surface area contributed by atoms with Gasteiger partial charge in [-0.15, -0.1) is 0 Å². The topological polar surface area (TPSA) is 80.9 Å². The summed E-state index contributed by atoms with van der Waals surface area (Å²) in [5.41, 5.74) is 8.17. The third kappa shape index (κ3) is 5.57. The minimum absolute atomic E-state index is 0.0983. The maximum Gasteiger partial charge on any atom is 0.410 e. The van der Waals surface area contributed by atoms with Gasteiger partial charge in [-0.1, -0.05) is 12.1 Å². The Labute approximate surface area is 198 Å². The molecule has 34 heavy (non-hydrogen) atoms. The Bertz CT molecular complexity index is 1150. The summed E-state index contributed by atoms with van der Waals surface area (Å²) in [6, 6.07) is 14.1. The van der Waals surface area contributed by atoms with Gasteiger partial charge in [0.15, 0.2) is 11.6 Å². The van der Waals surface area contributed by atoms with Crippen LogP contribution in [0, 0.1) is 5.82 Å². The third-order valence-corrected chi connectivity index (χ3v) is 5.43. The van der Waals surface area contributed by atoms with Crippen LogP contribution in [0.2, 0.25) is 0 Å². The fraction of sp³-hybridized carbons (Fsp3) is 0.308. The predicted molar refractivity (Wildman–Crippen MR) is 131 cm³/mol. The van der Waals surface area contributed by atoms with Crippen molar-refractivity contribution in [1.82, 2.24) is 9.88 Å². The number of piperazine rings is 1. The number of rotatable bonds is 4. The van der Waals surface area contributed by atoms with E-state index in [4.69, 9.17) is 15.2 Å². The second-order valence-corrected chi connectivity index (χ2v) is 9.17. The van der Waals surface area contributed by atoms with E-state index in [2.05, 4.69) is 9.88 Å². The van der Waals surface area contributed by atoms with Crippen molar-refractivity contribution in [2.45, 2.75) is 26.4 Å². The maximum atomic E-state index is 14.2. The second-order valence-electron chi connectivity index (χ2n) is 9.17. The predicted octanol–water partition coefficient (Wildman–Crippen LogP) is 5.32. The molecule has 178 valence electrons. The highest BCUT2D eigenvalue weighted by Crippen LogP contribution is 2.35. The van der Waals surface area contributed by atoms with Crippen LogP contribution in [-0.2, 0) is 4.74 Å². The summed E-state index contributed by atoms with van der Waals surface area (Å²) >= 11 is 0. The molecule has 2 heterocycles. The first-order valence-corrected chi connectivity index (χ1v) is 11.2. The summed E-state index contributed by atoms with van der Waals surface area (Å²) in [5, 5.41) is 0. The van der Waals surface area contributed by atoms with E-state index >= 15 is 0 Å². The molecule has 0 atom stereocenters. The molecule has 3 aromatic rings. The van der Waals surface area contributed by atoms with Crippen LogP contribution in [0.4, 0.5) is 20.6 Å². The number of anilines is 2. The molecule has 4 rings (SSSR count). The molecule has 7 nitrogen and oxygen atoms in total. The van der Waals surface area contributed by atoms with Crippen LogP contribution in [0.25, 0.3) is 11.1 Å². The number of halogens is 1. The van der Waals surface area contributed by atoms with Gasteiger partial charge >= 0.3 is 6.09 Å². The maximum absolute atomic E-state index is 14.2. The van der Waals surface area contributed by atoms with Gasteiger partial charge in [-0.3, -0.25) is 4.98 Å². The Morgan fingerprint density at radius 3 is 2.35 bits per heavy atom. The molecule has 0 saturated carbocycles. The summed E-state index contributed by atoms with van der Waals surface area (Å²) in [6.45, 7) is 8.25. The minimum atomic E-state index is -0.524. The number of hydrogen-bond acceptors (Lipinski definition) is 6. The van der Waals surface area contributed by atoms with Crippen molar-refractivity contribution in [2.24, 2.45) is 0 Å². The van der Waals surface area contributed by atoms with Crippen LogP contribution in [0.15, 0.2) is 60.9 Å². The highest BCUT2D eigenvalue weighted by molar-refractivity contribution is 5.72. The minimum Gasteiger partial charge on any atom is -0.454 e. The smallest absolute Gasteiger partial charge is 0.410 e. The molecule has 1 amide bonds. The summed E-state index contributed by atoms with van der Waals surface area (Å²) < 4.78 is 25.5. The van der Waals surface area contributed by atoms with Crippen LogP contribution in [0.5, 0.6) is 11.5 Å². The van der Waals surface area contributed by atoms with E-state index in [-0.39, 0.29) is 11.8 Å². The molecule has 0 spiro atoms. The van der Waals surface area contributed by atoms with E-state index in [1.807, 2.05) is 45.0 Å². The normalized spacial score (nSPS) is 14.1. The standard InChI is InChI=1S/C26H29FN4O3/c1-26(2,3)34-25(32)31-14-12-30(13-15-31)20-7-4-18(5-8-20)21-17-29-11-10-23(21)33-24-9-6-19(28)16-22(24)27/h4-11,16-17H,12-15,28H2,1-3H3. The van der Waals surface area contributed by atoms with Gasteiger partial charge in [-0.05, 0) is 56.7 Å². The monoisotopic (exact) mass is 464 g/mol. The number of nitrogens with zero attached hydrogens (tertiary/aromatic N) is 3. The summed E-state index contributed by atoms with van der Waals surface area (Å²) in [7, 11) is 0. The van der Waals surface area contributed by atoms with Crippen molar-refractivity contribution < 1.29 is 18.7 Å². The van der Waals surface area contributed by atoms with Gasteiger partial charge in [0.1, 0.15) is 11.4 Å². The van der Waals surface area contributed by atoms with E-state index in [0.717, 1.165) is 29.9 Å². The molecule has 0 bridgehead atoms. The van der Waals surface area contributed by atoms with Gasteiger partial charge in [0.05, 0.1) is 0 Å². The molecule has 2 aromatic carbocycles. The van der Waals surface area contributed by atoms with Gasteiger partial charge in [-0.25, -0.2) is 9.18 Å². The SMILES string of the molecule is CC(C)(C)OC(=O)N1CCN(c2ccc(-c3cnccc3Oc3ccc(N)cc3F)cc2)CC1. The van der Waals surface area contributed by atoms with Crippen LogP contribution < -0.4 is 15.4 Å². The fourth-order valence-electron chi connectivity index (χ4n) is 3.73. The van der Waals surface area contributed by atoms with Crippen LogP contribution in [-0.4, -0.2) is 47.8 Å². The molecule has 1 aliphatic rings. The molecule has 2 N–H and O–H groups in total. The molecule has 1 saturated heterocycles. The van der Waals surface area contributed by atoms with Crippen molar-refractivity contribution >= 4 is 17.5 Å². The van der Waals surface area contributed by atoms with Gasteiger partial charge in [0.25, 0.3) is 0 Å². The Balaban J connectivity index is 1.44. The van der Waals surface area contributed by atoms with Gasteiger partial charge in [0.2, 0.25) is 0 Å². The lowest BCUT2D eigenvalue weighted by molar-refractivity contribution is 0.0240. The summed E-state index contributed by atoms with van der Waals surface area (Å²) in [4.78, 5) is 20.5. The molecule has 1 fully saturated rings. The van der Waals surface area contributed by atoms with Crippen molar-refractivity contribution in [3.63, 3.8) is 0 Å². The zero-order chi connectivity index (χ0) is 24.3. The highest BCUT2D eigenvalue weighted by atomic mass is 19.1. The lowest BCUT2D eigenvalue weighted by atomic mass is 10.1. The largest absolute Gasteiger partial charge is 0.454 e. The zero-order valence-electron chi connectivity index (χ0n) is 19.6. The summed E-state index contributed by atoms with van der Waals surface area (Å²) in [5.74, 6) is 0.0714. The number of carbonyl (C=O) groups is 1. The quantitative estimate of drug-likeness (QED) is 0.527. The van der Waals surface area contributed by atoms with E-state index in [9.17, 15) is 9.18 Å². The molecular formula is C26H29FN4O3. The average molecular weight is 465 g/mol. The lowest BCUT2D eigenvalue weighted by Gasteiger charge is -2.36. The Kier molecular flexibility index (Phi) is 6.58. The number of benzene rings is 2. The summed E-state index contributed by atoms with van der Waals surface area (Å²) in [6.07, 6.45) is 3.02. The molecule has 0 unspecified atom stereocenters. The third-order valence-electron chi connectivity index (χ3n) is 5.43. The van der Waals surface area contributed by atoms with Crippen molar-refractivity contribution in [3.8, 4) is 22.6 Å². The van der Waals surface area contributed by atoms with Crippen LogP contribution >= 0.6 is 0 Å². The number of hydrogen-bond donors (Lipinski definition) is 1. The zero-order valence-corrected chi connectivity index (χ0v) is 19.6. The highest BCUT2D eigenvalue weighted by Gasteiger charge is 2.26. The van der Waals surface area contributed by atoms with Crippen molar-refractivity contribution in [3.05, 3.63) is 66.7 Å². The number of amides is 1. The van der Waals surface area contributed by atoms with Crippen LogP contribution in [0.3, 0.4) is 0 Å².